The molecule has 0 fully saturated rings. The van der Waals surface area contributed by atoms with Crippen molar-refractivity contribution in [2.45, 2.75) is 26.2 Å². The number of nitrogens with zero attached hydrogens (tertiary/aromatic N) is 1. The predicted molar refractivity (Wildman–Crippen MR) is 120 cm³/mol. The normalized spacial score (nSPS) is 11.5. The summed E-state index contributed by atoms with van der Waals surface area (Å²) in [5.41, 5.74) is 2.86. The van der Waals surface area contributed by atoms with Gasteiger partial charge in [-0.1, -0.05) is 19.1 Å². The Kier molecular flexibility index (Phi) is 7.18. The minimum absolute atomic E-state index is 0.0890. The van der Waals surface area contributed by atoms with Gasteiger partial charge in [-0.05, 0) is 42.7 Å². The second kappa shape index (κ2) is 9.62. The molecule has 0 aliphatic rings. The number of carbonyl (C=O) groups excluding carboxylic acids is 1. The Morgan fingerprint density at radius 3 is 2.59 bits per heavy atom. The van der Waals surface area contributed by atoms with Gasteiger partial charge in [-0.25, -0.2) is 18.1 Å². The first-order valence-electron chi connectivity index (χ1n) is 9.19. The fraction of sp³-hybridized carbons (Fsp3) is 0.300. The summed E-state index contributed by atoms with van der Waals surface area (Å²) < 4.78 is 24.8. The highest BCUT2D eigenvalue weighted by Gasteiger charge is 2.11. The third-order valence-electron chi connectivity index (χ3n) is 4.16. The molecule has 1 aromatic carbocycles. The van der Waals surface area contributed by atoms with Crippen molar-refractivity contribution in [2.24, 2.45) is 0 Å². The van der Waals surface area contributed by atoms with E-state index in [-0.39, 0.29) is 12.3 Å². The zero-order valence-corrected chi connectivity index (χ0v) is 18.7. The Balaban J connectivity index is 1.55. The maximum atomic E-state index is 12.3. The number of benzene rings is 1. The maximum Gasteiger partial charge on any atom is 0.231 e. The molecular formula is C20H23N3O3S3. The van der Waals surface area contributed by atoms with E-state index in [4.69, 9.17) is 0 Å². The van der Waals surface area contributed by atoms with Crippen LogP contribution in [0.5, 0.6) is 0 Å². The number of anilines is 1. The second-order valence-electron chi connectivity index (χ2n) is 6.58. The van der Waals surface area contributed by atoms with Crippen LogP contribution < -0.4 is 10.0 Å². The fourth-order valence-corrected chi connectivity index (χ4v) is 4.99. The molecule has 0 aliphatic carbocycles. The van der Waals surface area contributed by atoms with Crippen LogP contribution in [0.1, 0.15) is 22.4 Å². The van der Waals surface area contributed by atoms with Crippen LogP contribution in [0.25, 0.3) is 10.6 Å². The SMILES string of the molecule is CCc1ccc(NC(=O)Cc2nc(-c3ccc(CCNS(C)(=O)=O)s3)cs2)cc1. The van der Waals surface area contributed by atoms with Crippen molar-refractivity contribution in [3.05, 3.63) is 57.2 Å². The Morgan fingerprint density at radius 1 is 1.14 bits per heavy atom. The largest absolute Gasteiger partial charge is 0.326 e. The zero-order valence-electron chi connectivity index (χ0n) is 16.3. The molecule has 9 heteroatoms. The Hall–Kier alpha value is -2.07. The third-order valence-corrected chi connectivity index (χ3v) is 6.90. The molecule has 2 aromatic heterocycles. The Morgan fingerprint density at radius 2 is 1.90 bits per heavy atom. The number of thiophene rings is 1. The first-order chi connectivity index (χ1) is 13.8. The van der Waals surface area contributed by atoms with Crippen LogP contribution >= 0.6 is 22.7 Å². The molecule has 0 aliphatic heterocycles. The quantitative estimate of drug-likeness (QED) is 0.521. The molecule has 1 amide bonds. The summed E-state index contributed by atoms with van der Waals surface area (Å²) in [6.45, 7) is 2.47. The maximum absolute atomic E-state index is 12.3. The number of hydrogen-bond donors (Lipinski definition) is 2. The molecule has 0 radical (unpaired) electrons. The molecule has 3 rings (SSSR count). The third kappa shape index (κ3) is 6.74. The standard InChI is InChI=1S/C20H23N3O3S3/c1-3-14-4-6-15(7-5-14)22-19(24)12-20-23-17(13-27-20)18-9-8-16(28-18)10-11-21-29(2,25)26/h4-9,13,21H,3,10-12H2,1-2H3,(H,22,24). The van der Waals surface area contributed by atoms with Gasteiger partial charge in [0.1, 0.15) is 5.01 Å². The molecule has 0 unspecified atom stereocenters. The summed E-state index contributed by atoms with van der Waals surface area (Å²) in [6.07, 6.45) is 2.99. The molecule has 0 spiro atoms. The number of thiazole rings is 1. The summed E-state index contributed by atoms with van der Waals surface area (Å²) in [7, 11) is -3.17. The first-order valence-corrected chi connectivity index (χ1v) is 12.8. The van der Waals surface area contributed by atoms with Crippen molar-refractivity contribution in [1.82, 2.24) is 9.71 Å². The lowest BCUT2D eigenvalue weighted by molar-refractivity contribution is -0.115. The van der Waals surface area contributed by atoms with Crippen molar-refractivity contribution >= 4 is 44.3 Å². The smallest absolute Gasteiger partial charge is 0.231 e. The zero-order chi connectivity index (χ0) is 20.9. The van der Waals surface area contributed by atoms with E-state index < -0.39 is 10.0 Å². The van der Waals surface area contributed by atoms with Crippen molar-refractivity contribution in [1.29, 1.82) is 0 Å². The molecule has 0 saturated heterocycles. The lowest BCUT2D eigenvalue weighted by Gasteiger charge is -2.04. The van der Waals surface area contributed by atoms with E-state index in [1.54, 1.807) is 11.3 Å². The number of amides is 1. The molecule has 6 nitrogen and oxygen atoms in total. The van der Waals surface area contributed by atoms with Crippen LogP contribution in [0.15, 0.2) is 41.8 Å². The Bertz CT molecular complexity index is 1070. The summed E-state index contributed by atoms with van der Waals surface area (Å²) >= 11 is 3.05. The van der Waals surface area contributed by atoms with Gasteiger partial charge >= 0.3 is 0 Å². The molecule has 0 bridgehead atoms. The van der Waals surface area contributed by atoms with Crippen LogP contribution in [-0.4, -0.2) is 32.1 Å². The van der Waals surface area contributed by atoms with Crippen molar-refractivity contribution in [2.75, 3.05) is 18.1 Å². The van der Waals surface area contributed by atoms with Gasteiger partial charge in [0.25, 0.3) is 0 Å². The first kappa shape index (κ1) is 21.6. The summed E-state index contributed by atoms with van der Waals surface area (Å²) in [4.78, 5) is 19.0. The van der Waals surface area contributed by atoms with Crippen LogP contribution in [0, 0.1) is 0 Å². The van der Waals surface area contributed by atoms with Gasteiger partial charge in [0.15, 0.2) is 0 Å². The van der Waals surface area contributed by atoms with E-state index in [1.807, 2.05) is 41.8 Å². The lowest BCUT2D eigenvalue weighted by atomic mass is 10.1. The van der Waals surface area contributed by atoms with Gasteiger partial charge < -0.3 is 5.32 Å². The highest BCUT2D eigenvalue weighted by Crippen LogP contribution is 2.29. The summed E-state index contributed by atoms with van der Waals surface area (Å²) in [5.74, 6) is -0.0890. The topological polar surface area (TPSA) is 88.2 Å². The highest BCUT2D eigenvalue weighted by atomic mass is 32.2. The average molecular weight is 450 g/mol. The predicted octanol–water partition coefficient (Wildman–Crippen LogP) is 3.71. The van der Waals surface area contributed by atoms with E-state index in [9.17, 15) is 13.2 Å². The van der Waals surface area contributed by atoms with E-state index >= 15 is 0 Å². The molecule has 3 aromatic rings. The second-order valence-corrected chi connectivity index (χ2v) is 10.5. The average Bonchev–Trinajstić information content (AvgIpc) is 3.31. The van der Waals surface area contributed by atoms with Crippen LogP contribution in [0.4, 0.5) is 5.69 Å². The number of nitrogens with one attached hydrogen (secondary N) is 2. The Labute approximate surface area is 179 Å². The number of hydrogen-bond acceptors (Lipinski definition) is 6. The van der Waals surface area contributed by atoms with Gasteiger partial charge in [-0.2, -0.15) is 0 Å². The molecule has 0 saturated carbocycles. The van der Waals surface area contributed by atoms with Gasteiger partial charge in [-0.3, -0.25) is 4.79 Å². The number of aromatic nitrogens is 1. The molecular weight excluding hydrogens is 426 g/mol. The highest BCUT2D eigenvalue weighted by molar-refractivity contribution is 7.88. The number of carbonyl (C=O) groups is 1. The van der Waals surface area contributed by atoms with Gasteiger partial charge in [0, 0.05) is 22.5 Å². The molecule has 29 heavy (non-hydrogen) atoms. The van der Waals surface area contributed by atoms with E-state index in [1.165, 1.54) is 16.9 Å². The number of rotatable bonds is 9. The van der Waals surface area contributed by atoms with Crippen molar-refractivity contribution in [3.8, 4) is 10.6 Å². The van der Waals surface area contributed by atoms with Gasteiger partial charge in [0.05, 0.1) is 23.2 Å². The monoisotopic (exact) mass is 449 g/mol. The van der Waals surface area contributed by atoms with Crippen LogP contribution in [0.3, 0.4) is 0 Å². The van der Waals surface area contributed by atoms with E-state index in [0.29, 0.717) is 13.0 Å². The minimum Gasteiger partial charge on any atom is -0.326 e. The van der Waals surface area contributed by atoms with Crippen LogP contribution in [-0.2, 0) is 34.1 Å². The lowest BCUT2D eigenvalue weighted by Crippen LogP contribution is -2.23. The van der Waals surface area contributed by atoms with E-state index in [2.05, 4.69) is 21.9 Å². The van der Waals surface area contributed by atoms with Gasteiger partial charge in [-0.15, -0.1) is 22.7 Å². The van der Waals surface area contributed by atoms with E-state index in [0.717, 1.165) is 38.8 Å². The summed E-state index contributed by atoms with van der Waals surface area (Å²) in [6, 6.07) is 11.8. The number of sulfonamides is 1. The molecule has 154 valence electrons. The minimum atomic E-state index is -3.17. The molecule has 2 N–H and O–H groups in total. The van der Waals surface area contributed by atoms with Crippen molar-refractivity contribution < 1.29 is 13.2 Å². The van der Waals surface area contributed by atoms with Crippen molar-refractivity contribution in [3.63, 3.8) is 0 Å². The molecule has 2 heterocycles. The number of aryl methyl sites for hydroxylation is 1. The molecule has 0 atom stereocenters. The van der Waals surface area contributed by atoms with Gasteiger partial charge in [0.2, 0.25) is 15.9 Å². The van der Waals surface area contributed by atoms with Crippen LogP contribution in [0.2, 0.25) is 0 Å². The summed E-state index contributed by atoms with van der Waals surface area (Å²) in [5, 5.41) is 5.61. The fourth-order valence-electron chi connectivity index (χ4n) is 2.68.